The Bertz CT molecular complexity index is 191. The molecular weight excluding hydrogens is 170 g/mol. The molecule has 2 aliphatic carbocycles. The van der Waals surface area contributed by atoms with Crippen LogP contribution in [0.1, 0.15) is 51.4 Å². The summed E-state index contributed by atoms with van der Waals surface area (Å²) in [5, 5.41) is 3.67. The summed E-state index contributed by atoms with van der Waals surface area (Å²) >= 11 is 0. The fourth-order valence-corrected chi connectivity index (χ4v) is 3.54. The van der Waals surface area contributed by atoms with E-state index in [1.54, 1.807) is 0 Å². The monoisotopic (exact) mass is 193 g/mol. The van der Waals surface area contributed by atoms with Crippen LogP contribution in [0.5, 0.6) is 0 Å². The van der Waals surface area contributed by atoms with E-state index in [1.807, 2.05) is 6.08 Å². The molecule has 1 nitrogen and oxygen atoms in total. The predicted octanol–water partition coefficient (Wildman–Crippen LogP) is 3.27. The molecule has 2 saturated carbocycles. The smallest absolute Gasteiger partial charge is 0.0135 e. The van der Waals surface area contributed by atoms with Gasteiger partial charge < -0.3 is 5.32 Å². The Labute approximate surface area is 88.0 Å². The highest BCUT2D eigenvalue weighted by Gasteiger charge is 2.42. The minimum Gasteiger partial charge on any atom is -0.310 e. The first kappa shape index (κ1) is 10.2. The number of rotatable bonds is 3. The zero-order valence-electron chi connectivity index (χ0n) is 9.23. The van der Waals surface area contributed by atoms with E-state index >= 15 is 0 Å². The highest BCUT2D eigenvalue weighted by Crippen LogP contribution is 2.48. The van der Waals surface area contributed by atoms with Crippen molar-refractivity contribution in [1.29, 1.82) is 0 Å². The van der Waals surface area contributed by atoms with Gasteiger partial charge in [-0.3, -0.25) is 0 Å². The summed E-state index contributed by atoms with van der Waals surface area (Å²) in [5.41, 5.74) is 0.682. The maximum absolute atomic E-state index is 3.79. The van der Waals surface area contributed by atoms with Crippen LogP contribution in [0.15, 0.2) is 12.7 Å². The molecule has 0 aromatic heterocycles. The molecule has 14 heavy (non-hydrogen) atoms. The number of nitrogens with one attached hydrogen (secondary N) is 1. The van der Waals surface area contributed by atoms with Gasteiger partial charge in [0.1, 0.15) is 0 Å². The molecule has 1 spiro atoms. The van der Waals surface area contributed by atoms with E-state index in [0.717, 1.165) is 12.6 Å². The second kappa shape index (κ2) is 4.48. The lowest BCUT2D eigenvalue weighted by atomic mass is 9.70. The highest BCUT2D eigenvalue weighted by molar-refractivity contribution is 4.98. The van der Waals surface area contributed by atoms with Crippen LogP contribution in [0.25, 0.3) is 0 Å². The highest BCUT2D eigenvalue weighted by atomic mass is 14.9. The minimum absolute atomic E-state index is 0.682. The summed E-state index contributed by atoms with van der Waals surface area (Å²) in [5.74, 6) is 0. The topological polar surface area (TPSA) is 12.0 Å². The molecule has 0 bridgehead atoms. The lowest BCUT2D eigenvalue weighted by Gasteiger charge is -2.39. The summed E-state index contributed by atoms with van der Waals surface area (Å²) in [7, 11) is 0. The molecule has 0 amide bonds. The fraction of sp³-hybridized carbons (Fsp3) is 0.846. The molecule has 0 saturated heterocycles. The van der Waals surface area contributed by atoms with Crippen molar-refractivity contribution in [3.8, 4) is 0 Å². The normalized spacial score (nSPS) is 30.7. The second-order valence-corrected chi connectivity index (χ2v) is 5.06. The Morgan fingerprint density at radius 1 is 1.14 bits per heavy atom. The van der Waals surface area contributed by atoms with Gasteiger partial charge in [0.15, 0.2) is 0 Å². The maximum atomic E-state index is 3.79. The van der Waals surface area contributed by atoms with Crippen LogP contribution in [-0.2, 0) is 0 Å². The lowest BCUT2D eigenvalue weighted by molar-refractivity contribution is 0.152. The van der Waals surface area contributed by atoms with E-state index < -0.39 is 0 Å². The lowest BCUT2D eigenvalue weighted by Crippen LogP contribution is -2.42. The second-order valence-electron chi connectivity index (χ2n) is 5.06. The summed E-state index contributed by atoms with van der Waals surface area (Å²) in [6, 6.07) is 0.792. The van der Waals surface area contributed by atoms with Gasteiger partial charge in [0, 0.05) is 12.6 Å². The van der Waals surface area contributed by atoms with Gasteiger partial charge in [-0.1, -0.05) is 31.8 Å². The van der Waals surface area contributed by atoms with Crippen molar-refractivity contribution in [1.82, 2.24) is 5.32 Å². The van der Waals surface area contributed by atoms with E-state index in [4.69, 9.17) is 0 Å². The van der Waals surface area contributed by atoms with Crippen molar-refractivity contribution in [3.05, 3.63) is 12.7 Å². The van der Waals surface area contributed by atoms with E-state index in [1.165, 1.54) is 51.4 Å². The van der Waals surface area contributed by atoms with Gasteiger partial charge in [-0.15, -0.1) is 6.58 Å². The van der Waals surface area contributed by atoms with Crippen LogP contribution >= 0.6 is 0 Å². The Morgan fingerprint density at radius 2 is 1.86 bits per heavy atom. The zero-order valence-corrected chi connectivity index (χ0v) is 9.23. The quantitative estimate of drug-likeness (QED) is 0.678. The first-order valence-corrected chi connectivity index (χ1v) is 6.22. The Morgan fingerprint density at radius 3 is 2.57 bits per heavy atom. The standard InChI is InChI=1S/C13H23N/c1-2-11-14-12-7-6-10-13(12)8-4-3-5-9-13/h2,12,14H,1,3-11H2. The van der Waals surface area contributed by atoms with Gasteiger partial charge in [0.05, 0.1) is 0 Å². The van der Waals surface area contributed by atoms with Crippen LogP contribution in [0.4, 0.5) is 0 Å². The molecule has 1 heteroatoms. The molecule has 1 N–H and O–H groups in total. The van der Waals surface area contributed by atoms with E-state index in [2.05, 4.69) is 11.9 Å². The minimum atomic E-state index is 0.682. The van der Waals surface area contributed by atoms with Crippen LogP contribution in [0.3, 0.4) is 0 Å². The molecule has 2 aliphatic rings. The van der Waals surface area contributed by atoms with Gasteiger partial charge in [-0.05, 0) is 31.1 Å². The molecule has 2 rings (SSSR count). The summed E-state index contributed by atoms with van der Waals surface area (Å²) in [6.07, 6.45) is 13.7. The number of hydrogen-bond acceptors (Lipinski definition) is 1. The third kappa shape index (κ3) is 1.88. The third-order valence-corrected chi connectivity index (χ3v) is 4.26. The van der Waals surface area contributed by atoms with Crippen molar-refractivity contribution in [2.24, 2.45) is 5.41 Å². The summed E-state index contributed by atoms with van der Waals surface area (Å²) < 4.78 is 0. The van der Waals surface area contributed by atoms with Crippen LogP contribution < -0.4 is 5.32 Å². The van der Waals surface area contributed by atoms with Crippen molar-refractivity contribution in [2.45, 2.75) is 57.4 Å². The molecular formula is C13H23N. The SMILES string of the molecule is C=CCNC1CCCC12CCCCC2. The molecule has 1 atom stereocenters. The van der Waals surface area contributed by atoms with Gasteiger partial charge in [-0.25, -0.2) is 0 Å². The average molecular weight is 193 g/mol. The maximum Gasteiger partial charge on any atom is 0.0135 e. The van der Waals surface area contributed by atoms with E-state index in [0.29, 0.717) is 5.41 Å². The van der Waals surface area contributed by atoms with Gasteiger partial charge in [0.2, 0.25) is 0 Å². The van der Waals surface area contributed by atoms with Gasteiger partial charge in [-0.2, -0.15) is 0 Å². The Balaban J connectivity index is 1.96. The van der Waals surface area contributed by atoms with Crippen LogP contribution in [0, 0.1) is 5.41 Å². The molecule has 0 radical (unpaired) electrons. The van der Waals surface area contributed by atoms with Crippen LogP contribution in [-0.4, -0.2) is 12.6 Å². The van der Waals surface area contributed by atoms with Gasteiger partial charge >= 0.3 is 0 Å². The molecule has 2 fully saturated rings. The largest absolute Gasteiger partial charge is 0.310 e. The molecule has 1 unspecified atom stereocenters. The van der Waals surface area contributed by atoms with Crippen molar-refractivity contribution < 1.29 is 0 Å². The summed E-state index contributed by atoms with van der Waals surface area (Å²) in [4.78, 5) is 0. The van der Waals surface area contributed by atoms with Crippen molar-refractivity contribution >= 4 is 0 Å². The van der Waals surface area contributed by atoms with Gasteiger partial charge in [0.25, 0.3) is 0 Å². The first-order valence-electron chi connectivity index (χ1n) is 6.22. The van der Waals surface area contributed by atoms with E-state index in [-0.39, 0.29) is 0 Å². The van der Waals surface area contributed by atoms with Crippen molar-refractivity contribution in [2.75, 3.05) is 6.54 Å². The Kier molecular flexibility index (Phi) is 3.27. The Hall–Kier alpha value is -0.300. The first-order chi connectivity index (χ1) is 6.87. The molecule has 0 aromatic carbocycles. The fourth-order valence-electron chi connectivity index (χ4n) is 3.54. The third-order valence-electron chi connectivity index (χ3n) is 4.26. The van der Waals surface area contributed by atoms with Crippen LogP contribution in [0.2, 0.25) is 0 Å². The molecule has 0 heterocycles. The average Bonchev–Trinajstić information content (AvgIpc) is 2.59. The number of hydrogen-bond donors (Lipinski definition) is 1. The zero-order chi connectivity index (χ0) is 9.86. The summed E-state index contributed by atoms with van der Waals surface area (Å²) in [6.45, 7) is 4.79. The molecule has 0 aliphatic heterocycles. The molecule has 80 valence electrons. The molecule has 0 aromatic rings. The predicted molar refractivity (Wildman–Crippen MR) is 61.4 cm³/mol. The van der Waals surface area contributed by atoms with Crippen molar-refractivity contribution in [3.63, 3.8) is 0 Å². The van der Waals surface area contributed by atoms with E-state index in [9.17, 15) is 0 Å².